The standard InChI is InChI=1S/C15H17BrO/c1-10(2)15(16)13-5-4-12-9-14(17-3)7-6-11(12)8-13/h4-10,15H,1-3H3. The number of hydrogen-bond donors (Lipinski definition) is 0. The molecule has 2 aromatic carbocycles. The number of rotatable bonds is 3. The maximum absolute atomic E-state index is 5.23. The zero-order valence-electron chi connectivity index (χ0n) is 10.4. The Morgan fingerprint density at radius 1 is 1.00 bits per heavy atom. The highest BCUT2D eigenvalue weighted by Gasteiger charge is 2.12. The number of methoxy groups -OCH3 is 1. The molecule has 17 heavy (non-hydrogen) atoms. The van der Waals surface area contributed by atoms with Gasteiger partial charge in [-0.1, -0.05) is 54.0 Å². The fraction of sp³-hybridized carbons (Fsp3) is 0.333. The van der Waals surface area contributed by atoms with E-state index >= 15 is 0 Å². The number of alkyl halides is 1. The number of hydrogen-bond acceptors (Lipinski definition) is 1. The molecule has 2 aromatic rings. The lowest BCUT2D eigenvalue weighted by Gasteiger charge is -2.15. The van der Waals surface area contributed by atoms with Gasteiger partial charge in [-0.25, -0.2) is 0 Å². The molecule has 90 valence electrons. The molecule has 0 aliphatic rings. The molecule has 1 unspecified atom stereocenters. The summed E-state index contributed by atoms with van der Waals surface area (Å²) in [6.07, 6.45) is 0. The Balaban J connectivity index is 2.44. The lowest BCUT2D eigenvalue weighted by atomic mass is 9.99. The van der Waals surface area contributed by atoms with Gasteiger partial charge >= 0.3 is 0 Å². The first-order valence-corrected chi connectivity index (χ1v) is 6.75. The maximum atomic E-state index is 5.23. The van der Waals surface area contributed by atoms with Crippen LogP contribution in [-0.4, -0.2) is 7.11 Å². The van der Waals surface area contributed by atoms with Crippen molar-refractivity contribution < 1.29 is 4.74 Å². The van der Waals surface area contributed by atoms with Crippen LogP contribution in [-0.2, 0) is 0 Å². The molecule has 0 saturated heterocycles. The Hall–Kier alpha value is -1.02. The molecule has 0 aliphatic heterocycles. The first kappa shape index (κ1) is 12.4. The van der Waals surface area contributed by atoms with E-state index in [0.29, 0.717) is 10.7 Å². The molecule has 0 aliphatic carbocycles. The second-order valence-electron chi connectivity index (χ2n) is 4.62. The van der Waals surface area contributed by atoms with Crippen LogP contribution in [0.5, 0.6) is 5.75 Å². The topological polar surface area (TPSA) is 9.23 Å². The Morgan fingerprint density at radius 2 is 1.65 bits per heavy atom. The number of fused-ring (bicyclic) bond motifs is 1. The van der Waals surface area contributed by atoms with Crippen LogP contribution in [0.25, 0.3) is 10.8 Å². The Kier molecular flexibility index (Phi) is 3.72. The van der Waals surface area contributed by atoms with Gasteiger partial charge in [0.2, 0.25) is 0 Å². The maximum Gasteiger partial charge on any atom is 0.119 e. The zero-order chi connectivity index (χ0) is 12.4. The van der Waals surface area contributed by atoms with Crippen molar-refractivity contribution >= 4 is 26.7 Å². The van der Waals surface area contributed by atoms with E-state index in [2.05, 4.69) is 60.1 Å². The molecule has 0 aromatic heterocycles. The van der Waals surface area contributed by atoms with Crippen LogP contribution in [0.15, 0.2) is 36.4 Å². The Labute approximate surface area is 111 Å². The van der Waals surface area contributed by atoms with E-state index in [9.17, 15) is 0 Å². The van der Waals surface area contributed by atoms with Crippen molar-refractivity contribution in [1.29, 1.82) is 0 Å². The molecule has 2 rings (SSSR count). The van der Waals surface area contributed by atoms with Crippen molar-refractivity contribution in [3.8, 4) is 5.75 Å². The van der Waals surface area contributed by atoms with E-state index in [1.807, 2.05) is 6.07 Å². The fourth-order valence-electron chi connectivity index (χ4n) is 1.93. The summed E-state index contributed by atoms with van der Waals surface area (Å²) in [4.78, 5) is 0.411. The van der Waals surface area contributed by atoms with Gasteiger partial charge in [0.1, 0.15) is 5.75 Å². The van der Waals surface area contributed by atoms with Crippen LogP contribution in [0.4, 0.5) is 0 Å². The molecule has 1 atom stereocenters. The normalized spacial score (nSPS) is 13.0. The third-order valence-electron chi connectivity index (χ3n) is 2.98. The smallest absolute Gasteiger partial charge is 0.119 e. The summed E-state index contributed by atoms with van der Waals surface area (Å²) in [5.74, 6) is 1.50. The van der Waals surface area contributed by atoms with E-state index in [1.165, 1.54) is 16.3 Å². The summed E-state index contributed by atoms with van der Waals surface area (Å²) in [7, 11) is 1.70. The second kappa shape index (κ2) is 5.09. The molecule has 0 spiro atoms. The highest BCUT2D eigenvalue weighted by Crippen LogP contribution is 2.33. The third-order valence-corrected chi connectivity index (χ3v) is 4.56. The van der Waals surface area contributed by atoms with Gasteiger partial charge in [-0.15, -0.1) is 0 Å². The molecular formula is C15H17BrO. The fourth-order valence-corrected chi connectivity index (χ4v) is 2.21. The third kappa shape index (κ3) is 2.63. The second-order valence-corrected chi connectivity index (χ2v) is 5.60. The van der Waals surface area contributed by atoms with Gasteiger partial charge in [0, 0.05) is 4.83 Å². The summed E-state index contributed by atoms with van der Waals surface area (Å²) < 4.78 is 5.23. The minimum Gasteiger partial charge on any atom is -0.497 e. The van der Waals surface area contributed by atoms with Crippen molar-refractivity contribution in [2.24, 2.45) is 5.92 Å². The van der Waals surface area contributed by atoms with Crippen LogP contribution in [0.1, 0.15) is 24.2 Å². The predicted octanol–water partition coefficient (Wildman–Crippen LogP) is 4.94. The van der Waals surface area contributed by atoms with Crippen LogP contribution in [0.2, 0.25) is 0 Å². The highest BCUT2D eigenvalue weighted by molar-refractivity contribution is 9.09. The van der Waals surface area contributed by atoms with Crippen molar-refractivity contribution in [2.75, 3.05) is 7.11 Å². The summed E-state index contributed by atoms with van der Waals surface area (Å²) in [5, 5.41) is 2.48. The van der Waals surface area contributed by atoms with Gasteiger partial charge in [-0.2, -0.15) is 0 Å². The van der Waals surface area contributed by atoms with E-state index < -0.39 is 0 Å². The van der Waals surface area contributed by atoms with Crippen molar-refractivity contribution in [3.63, 3.8) is 0 Å². The zero-order valence-corrected chi connectivity index (χ0v) is 12.0. The SMILES string of the molecule is COc1ccc2cc(C(Br)C(C)C)ccc2c1. The quantitative estimate of drug-likeness (QED) is 0.728. The van der Waals surface area contributed by atoms with Crippen LogP contribution >= 0.6 is 15.9 Å². The summed E-state index contributed by atoms with van der Waals surface area (Å²) in [6.45, 7) is 4.44. The van der Waals surface area contributed by atoms with Gasteiger partial charge in [0.05, 0.1) is 7.11 Å². The first-order chi connectivity index (χ1) is 8.11. The molecule has 0 radical (unpaired) electrons. The lowest BCUT2D eigenvalue weighted by molar-refractivity contribution is 0.415. The van der Waals surface area contributed by atoms with Crippen LogP contribution in [0, 0.1) is 5.92 Å². The minimum atomic E-state index is 0.411. The average molecular weight is 293 g/mol. The van der Waals surface area contributed by atoms with E-state index in [1.54, 1.807) is 7.11 Å². The van der Waals surface area contributed by atoms with Gasteiger partial charge in [-0.3, -0.25) is 0 Å². The predicted molar refractivity (Wildman–Crippen MR) is 77.0 cm³/mol. The summed E-state index contributed by atoms with van der Waals surface area (Å²) >= 11 is 3.74. The number of halogens is 1. The summed E-state index contributed by atoms with van der Waals surface area (Å²) in [5.41, 5.74) is 1.33. The summed E-state index contributed by atoms with van der Waals surface area (Å²) in [6, 6.07) is 12.8. The van der Waals surface area contributed by atoms with Crippen molar-refractivity contribution in [2.45, 2.75) is 18.7 Å². The molecule has 0 bridgehead atoms. The van der Waals surface area contributed by atoms with Gasteiger partial charge < -0.3 is 4.74 Å². The number of ether oxygens (including phenoxy) is 1. The van der Waals surface area contributed by atoms with Crippen LogP contribution < -0.4 is 4.74 Å². The Morgan fingerprint density at radius 3 is 2.29 bits per heavy atom. The molecular weight excluding hydrogens is 276 g/mol. The molecule has 0 fully saturated rings. The monoisotopic (exact) mass is 292 g/mol. The molecule has 0 amide bonds. The van der Waals surface area contributed by atoms with E-state index in [-0.39, 0.29) is 0 Å². The molecule has 2 heteroatoms. The molecule has 0 heterocycles. The van der Waals surface area contributed by atoms with Crippen molar-refractivity contribution in [1.82, 2.24) is 0 Å². The van der Waals surface area contributed by atoms with Crippen LogP contribution in [0.3, 0.4) is 0 Å². The largest absolute Gasteiger partial charge is 0.497 e. The van der Waals surface area contributed by atoms with E-state index in [0.717, 1.165) is 5.75 Å². The van der Waals surface area contributed by atoms with Crippen molar-refractivity contribution in [3.05, 3.63) is 42.0 Å². The van der Waals surface area contributed by atoms with E-state index in [4.69, 9.17) is 4.74 Å². The molecule has 1 nitrogen and oxygen atoms in total. The highest BCUT2D eigenvalue weighted by atomic mass is 79.9. The minimum absolute atomic E-state index is 0.411. The van der Waals surface area contributed by atoms with Gasteiger partial charge in [-0.05, 0) is 34.4 Å². The van der Waals surface area contributed by atoms with Gasteiger partial charge in [0.25, 0.3) is 0 Å². The first-order valence-electron chi connectivity index (χ1n) is 5.83. The molecule has 0 saturated carbocycles. The lowest BCUT2D eigenvalue weighted by Crippen LogP contribution is -1.98. The number of benzene rings is 2. The molecule has 0 N–H and O–H groups in total. The average Bonchev–Trinajstić information content (AvgIpc) is 2.36. The Bertz CT molecular complexity index is 519. The van der Waals surface area contributed by atoms with Gasteiger partial charge in [0.15, 0.2) is 0 Å².